The molecule has 0 atom stereocenters. The van der Waals surface area contributed by atoms with Crippen molar-refractivity contribution in [1.82, 2.24) is 14.8 Å². The number of nitrogens with one attached hydrogen (secondary N) is 1. The van der Waals surface area contributed by atoms with Gasteiger partial charge in [0.15, 0.2) is 11.0 Å². The topological polar surface area (TPSA) is 95.3 Å². The molecule has 0 aliphatic heterocycles. The Labute approximate surface area is 213 Å². The molecule has 36 heavy (non-hydrogen) atoms. The maximum Gasteiger partial charge on any atom is 0.337 e. The Morgan fingerprint density at radius 3 is 2.61 bits per heavy atom. The van der Waals surface area contributed by atoms with Gasteiger partial charge >= 0.3 is 5.97 Å². The fourth-order valence-corrected chi connectivity index (χ4v) is 4.45. The van der Waals surface area contributed by atoms with Gasteiger partial charge in [-0.15, -0.1) is 16.8 Å². The molecule has 0 spiro atoms. The van der Waals surface area contributed by atoms with Crippen LogP contribution in [0.2, 0.25) is 0 Å². The van der Waals surface area contributed by atoms with Gasteiger partial charge in [-0.3, -0.25) is 9.36 Å². The predicted molar refractivity (Wildman–Crippen MR) is 140 cm³/mol. The number of carbonyl (C=O) groups is 2. The molecule has 1 N–H and O–H groups in total. The van der Waals surface area contributed by atoms with Crippen LogP contribution in [0.25, 0.3) is 10.8 Å². The Hall–Kier alpha value is -4.11. The second-order valence-corrected chi connectivity index (χ2v) is 8.84. The first-order chi connectivity index (χ1) is 17.5. The summed E-state index contributed by atoms with van der Waals surface area (Å²) in [6.45, 7) is 6.58. The molecule has 0 unspecified atom stereocenters. The number of hydrogen-bond donors (Lipinski definition) is 1. The number of anilines is 1. The number of benzene rings is 3. The molecule has 8 nitrogen and oxygen atoms in total. The molecule has 0 saturated heterocycles. The number of aryl methyl sites for hydroxylation is 1. The summed E-state index contributed by atoms with van der Waals surface area (Å²) >= 11 is 1.27. The highest BCUT2D eigenvalue weighted by Crippen LogP contribution is 2.28. The van der Waals surface area contributed by atoms with Crippen molar-refractivity contribution in [3.63, 3.8) is 0 Å². The molecule has 3 aromatic carbocycles. The summed E-state index contributed by atoms with van der Waals surface area (Å²) in [5, 5.41) is 14.2. The van der Waals surface area contributed by atoms with Gasteiger partial charge in [0.05, 0.1) is 18.4 Å². The van der Waals surface area contributed by atoms with Crippen molar-refractivity contribution < 1.29 is 19.1 Å². The first-order valence-electron chi connectivity index (χ1n) is 11.2. The number of fused-ring (bicyclic) bond motifs is 1. The van der Waals surface area contributed by atoms with Crippen LogP contribution in [0.3, 0.4) is 0 Å². The number of methoxy groups -OCH3 is 1. The summed E-state index contributed by atoms with van der Waals surface area (Å²) in [4.78, 5) is 24.0. The van der Waals surface area contributed by atoms with E-state index in [1.807, 2.05) is 35.8 Å². The monoisotopic (exact) mass is 502 g/mol. The number of thioether (sulfide) groups is 1. The second-order valence-electron chi connectivity index (χ2n) is 7.90. The van der Waals surface area contributed by atoms with E-state index in [2.05, 4.69) is 39.0 Å². The van der Waals surface area contributed by atoms with Gasteiger partial charge in [-0.05, 0) is 53.6 Å². The van der Waals surface area contributed by atoms with E-state index in [4.69, 9.17) is 4.74 Å². The molecule has 9 heteroatoms. The van der Waals surface area contributed by atoms with E-state index >= 15 is 0 Å². The van der Waals surface area contributed by atoms with Crippen LogP contribution in [-0.2, 0) is 22.7 Å². The molecule has 1 amide bonds. The van der Waals surface area contributed by atoms with E-state index in [9.17, 15) is 9.59 Å². The molecule has 184 valence electrons. The Bertz CT molecular complexity index is 1400. The molecular formula is C27H26N4O4S. The molecule has 1 heterocycles. The number of allylic oxidation sites excluding steroid dienone is 1. The van der Waals surface area contributed by atoms with Crippen LogP contribution in [0.15, 0.2) is 78.5 Å². The summed E-state index contributed by atoms with van der Waals surface area (Å²) < 4.78 is 12.7. The molecule has 4 rings (SSSR count). The molecular weight excluding hydrogens is 476 g/mol. The van der Waals surface area contributed by atoms with Gasteiger partial charge < -0.3 is 14.8 Å². The highest BCUT2D eigenvalue weighted by molar-refractivity contribution is 7.99. The molecule has 1 aromatic heterocycles. The minimum Gasteiger partial charge on any atom is -0.485 e. The number of aromatic nitrogens is 3. The number of carbonyl (C=O) groups excluding carboxylic acids is 2. The molecule has 0 saturated carbocycles. The zero-order valence-electron chi connectivity index (χ0n) is 20.1. The second kappa shape index (κ2) is 11.5. The van der Waals surface area contributed by atoms with E-state index in [1.54, 1.807) is 30.3 Å². The summed E-state index contributed by atoms with van der Waals surface area (Å²) in [5.74, 6) is 0.931. The third-order valence-electron chi connectivity index (χ3n) is 5.53. The number of esters is 1. The Morgan fingerprint density at radius 1 is 1.08 bits per heavy atom. The van der Waals surface area contributed by atoms with E-state index in [1.165, 1.54) is 18.9 Å². The first kappa shape index (κ1) is 25.0. The zero-order chi connectivity index (χ0) is 25.5. The van der Waals surface area contributed by atoms with Crippen LogP contribution in [0.5, 0.6) is 5.75 Å². The molecule has 0 fully saturated rings. The third-order valence-corrected chi connectivity index (χ3v) is 6.50. The van der Waals surface area contributed by atoms with Crippen LogP contribution in [-0.4, -0.2) is 39.5 Å². The SMILES string of the molecule is C=CCn1c(COc2ccc3ccccc3c2C)nnc1SCC(=O)Nc1ccc(C(=O)OC)cc1. The zero-order valence-corrected chi connectivity index (χ0v) is 20.9. The maximum absolute atomic E-state index is 12.5. The van der Waals surface area contributed by atoms with E-state index in [-0.39, 0.29) is 18.3 Å². The van der Waals surface area contributed by atoms with Gasteiger partial charge in [0.2, 0.25) is 5.91 Å². The Kier molecular flexibility index (Phi) is 8.02. The first-order valence-corrected chi connectivity index (χ1v) is 12.2. The average molecular weight is 503 g/mol. The minimum atomic E-state index is -0.430. The van der Waals surface area contributed by atoms with Crippen molar-refractivity contribution in [3.8, 4) is 5.75 Å². The van der Waals surface area contributed by atoms with Crippen LogP contribution in [0, 0.1) is 6.92 Å². The van der Waals surface area contributed by atoms with Crippen molar-refractivity contribution in [1.29, 1.82) is 0 Å². The van der Waals surface area contributed by atoms with Gasteiger partial charge in [-0.2, -0.15) is 0 Å². The lowest BCUT2D eigenvalue weighted by atomic mass is 10.0. The average Bonchev–Trinajstić information content (AvgIpc) is 3.28. The van der Waals surface area contributed by atoms with E-state index in [0.29, 0.717) is 28.8 Å². The highest BCUT2D eigenvalue weighted by Gasteiger charge is 2.15. The molecule has 0 bridgehead atoms. The van der Waals surface area contributed by atoms with E-state index < -0.39 is 5.97 Å². The van der Waals surface area contributed by atoms with Crippen molar-refractivity contribution in [2.75, 3.05) is 18.2 Å². The van der Waals surface area contributed by atoms with Gasteiger partial charge in [-0.25, -0.2) is 4.79 Å². The molecule has 0 aliphatic rings. The predicted octanol–water partition coefficient (Wildman–Crippen LogP) is 5.02. The largest absolute Gasteiger partial charge is 0.485 e. The highest BCUT2D eigenvalue weighted by atomic mass is 32.2. The van der Waals surface area contributed by atoms with Gasteiger partial charge in [0, 0.05) is 12.2 Å². The fraction of sp³-hybridized carbons (Fsp3) is 0.185. The van der Waals surface area contributed by atoms with Crippen LogP contribution in [0.4, 0.5) is 5.69 Å². The van der Waals surface area contributed by atoms with E-state index in [0.717, 1.165) is 22.1 Å². The molecule has 0 aliphatic carbocycles. The minimum absolute atomic E-state index is 0.138. The third kappa shape index (κ3) is 5.75. The summed E-state index contributed by atoms with van der Waals surface area (Å²) in [6, 6.07) is 18.7. The number of nitrogens with zero attached hydrogens (tertiary/aromatic N) is 3. The van der Waals surface area contributed by atoms with Crippen molar-refractivity contribution in [3.05, 3.63) is 90.3 Å². The number of ether oxygens (including phenoxy) is 2. The summed E-state index contributed by atoms with van der Waals surface area (Å²) in [6.07, 6.45) is 1.75. The van der Waals surface area contributed by atoms with Gasteiger partial charge in [0.1, 0.15) is 12.4 Å². The van der Waals surface area contributed by atoms with Crippen molar-refractivity contribution in [2.24, 2.45) is 0 Å². The lowest BCUT2D eigenvalue weighted by Crippen LogP contribution is -2.15. The normalized spacial score (nSPS) is 10.7. The van der Waals surface area contributed by atoms with Crippen molar-refractivity contribution >= 4 is 40.1 Å². The number of amides is 1. The van der Waals surface area contributed by atoms with Gasteiger partial charge in [0.25, 0.3) is 0 Å². The van der Waals surface area contributed by atoms with Crippen LogP contribution in [0.1, 0.15) is 21.7 Å². The quantitative estimate of drug-likeness (QED) is 0.185. The van der Waals surface area contributed by atoms with Crippen molar-refractivity contribution in [2.45, 2.75) is 25.2 Å². The summed E-state index contributed by atoms with van der Waals surface area (Å²) in [5.41, 5.74) is 2.06. The molecule has 4 aromatic rings. The lowest BCUT2D eigenvalue weighted by Gasteiger charge is -2.12. The standard InChI is InChI=1S/C27H26N4O4S/c1-4-15-31-24(16-35-23-14-11-19-7-5-6-8-22(19)18(23)2)29-30-27(31)36-17-25(32)28-21-12-9-20(10-13-21)26(33)34-3/h4-14H,1,15-17H2,2-3H3,(H,28,32). The lowest BCUT2D eigenvalue weighted by molar-refractivity contribution is -0.113. The fourth-order valence-electron chi connectivity index (χ4n) is 3.69. The maximum atomic E-state index is 12.5. The van der Waals surface area contributed by atoms with Gasteiger partial charge in [-0.1, -0.05) is 48.2 Å². The summed E-state index contributed by atoms with van der Waals surface area (Å²) in [7, 11) is 1.32. The number of hydrogen-bond acceptors (Lipinski definition) is 7. The Balaban J connectivity index is 1.39. The number of rotatable bonds is 10. The smallest absolute Gasteiger partial charge is 0.337 e. The van der Waals surface area contributed by atoms with Crippen LogP contribution >= 0.6 is 11.8 Å². The Morgan fingerprint density at radius 2 is 1.86 bits per heavy atom. The van der Waals surface area contributed by atoms with Crippen LogP contribution < -0.4 is 10.1 Å². The molecule has 0 radical (unpaired) electrons.